The molecule has 0 aliphatic carbocycles. The summed E-state index contributed by atoms with van der Waals surface area (Å²) in [5.74, 6) is 0.601. The summed E-state index contributed by atoms with van der Waals surface area (Å²) in [5, 5.41) is 12.0. The topological polar surface area (TPSA) is 70.7 Å². The van der Waals surface area contributed by atoms with E-state index in [2.05, 4.69) is 36.3 Å². The summed E-state index contributed by atoms with van der Waals surface area (Å²) in [6, 6.07) is 10.2. The van der Waals surface area contributed by atoms with Crippen molar-refractivity contribution in [2.45, 2.75) is 31.3 Å². The van der Waals surface area contributed by atoms with Crippen molar-refractivity contribution in [3.63, 3.8) is 0 Å². The van der Waals surface area contributed by atoms with Crippen molar-refractivity contribution in [2.24, 2.45) is 0 Å². The molecule has 1 N–H and O–H groups in total. The molecule has 0 radical (unpaired) electrons. The lowest BCUT2D eigenvalue weighted by molar-refractivity contribution is -0.118. The van der Waals surface area contributed by atoms with Crippen LogP contribution in [0.1, 0.15) is 31.7 Å². The number of carbonyl (C=O) groups is 1. The van der Waals surface area contributed by atoms with E-state index in [4.69, 9.17) is 5.26 Å². The van der Waals surface area contributed by atoms with Gasteiger partial charge in [-0.25, -0.2) is 4.98 Å². The number of thioether (sulfide) groups is 1. The summed E-state index contributed by atoms with van der Waals surface area (Å²) < 4.78 is 2.02. The molecular formula is C17H20N4OS. The van der Waals surface area contributed by atoms with Gasteiger partial charge in [-0.15, -0.1) is 0 Å². The number of para-hydroxylation sites is 1. The van der Waals surface area contributed by atoms with E-state index in [0.29, 0.717) is 18.9 Å². The first-order valence-electron chi connectivity index (χ1n) is 7.52. The Morgan fingerprint density at radius 3 is 2.96 bits per heavy atom. The van der Waals surface area contributed by atoms with Crippen molar-refractivity contribution in [1.29, 1.82) is 5.26 Å². The molecule has 0 fully saturated rings. The van der Waals surface area contributed by atoms with Crippen LogP contribution >= 0.6 is 11.8 Å². The number of amides is 1. The number of nitriles is 1. The number of carbonyl (C=O) groups excluding carboxylic acids is 1. The molecule has 0 atom stereocenters. The summed E-state index contributed by atoms with van der Waals surface area (Å²) in [6.07, 6.45) is 3.98. The highest BCUT2D eigenvalue weighted by atomic mass is 32.2. The van der Waals surface area contributed by atoms with Crippen molar-refractivity contribution in [2.75, 3.05) is 12.3 Å². The van der Waals surface area contributed by atoms with E-state index in [1.807, 2.05) is 29.0 Å². The van der Waals surface area contributed by atoms with Gasteiger partial charge in [-0.1, -0.05) is 43.8 Å². The lowest BCUT2D eigenvalue weighted by Crippen LogP contribution is -2.26. The van der Waals surface area contributed by atoms with Crippen molar-refractivity contribution in [3.8, 4) is 11.8 Å². The zero-order chi connectivity index (χ0) is 16.7. The summed E-state index contributed by atoms with van der Waals surface area (Å²) in [6.45, 7) is 4.71. The molecule has 0 aliphatic rings. The Labute approximate surface area is 140 Å². The highest BCUT2D eigenvalue weighted by Gasteiger charge is 2.12. The zero-order valence-electron chi connectivity index (χ0n) is 13.3. The third-order valence-electron chi connectivity index (χ3n) is 3.32. The van der Waals surface area contributed by atoms with Gasteiger partial charge in [0.05, 0.1) is 23.9 Å². The molecule has 1 heterocycles. The molecule has 0 bridgehead atoms. The highest BCUT2D eigenvalue weighted by molar-refractivity contribution is 7.99. The zero-order valence-corrected chi connectivity index (χ0v) is 14.1. The monoisotopic (exact) mass is 328 g/mol. The predicted molar refractivity (Wildman–Crippen MR) is 91.6 cm³/mol. The normalized spacial score (nSPS) is 10.5. The van der Waals surface area contributed by atoms with E-state index in [-0.39, 0.29) is 11.7 Å². The second-order valence-corrected chi connectivity index (χ2v) is 6.28. The van der Waals surface area contributed by atoms with Gasteiger partial charge in [-0.05, 0) is 17.5 Å². The van der Waals surface area contributed by atoms with Gasteiger partial charge < -0.3 is 5.32 Å². The van der Waals surface area contributed by atoms with E-state index in [1.165, 1.54) is 17.3 Å². The van der Waals surface area contributed by atoms with Gasteiger partial charge >= 0.3 is 0 Å². The van der Waals surface area contributed by atoms with Gasteiger partial charge in [0.2, 0.25) is 5.91 Å². The fourth-order valence-electron chi connectivity index (χ4n) is 2.21. The van der Waals surface area contributed by atoms with Crippen LogP contribution in [0, 0.1) is 11.3 Å². The van der Waals surface area contributed by atoms with E-state index in [1.54, 1.807) is 6.20 Å². The van der Waals surface area contributed by atoms with Crippen LogP contribution < -0.4 is 5.32 Å². The van der Waals surface area contributed by atoms with Crippen molar-refractivity contribution >= 4 is 17.7 Å². The molecule has 5 nitrogen and oxygen atoms in total. The van der Waals surface area contributed by atoms with Gasteiger partial charge in [-0.3, -0.25) is 9.36 Å². The summed E-state index contributed by atoms with van der Waals surface area (Å²) >= 11 is 1.39. The van der Waals surface area contributed by atoms with Gasteiger partial charge in [-0.2, -0.15) is 5.26 Å². The third-order valence-corrected chi connectivity index (χ3v) is 4.28. The smallest absolute Gasteiger partial charge is 0.230 e. The van der Waals surface area contributed by atoms with E-state index < -0.39 is 0 Å². The Morgan fingerprint density at radius 1 is 1.43 bits per heavy atom. The maximum absolute atomic E-state index is 11.8. The Hall–Kier alpha value is -2.26. The average molecular weight is 328 g/mol. The van der Waals surface area contributed by atoms with Crippen molar-refractivity contribution in [3.05, 3.63) is 42.2 Å². The van der Waals surface area contributed by atoms with Crippen LogP contribution in [0.3, 0.4) is 0 Å². The Balaban J connectivity index is 2.09. The van der Waals surface area contributed by atoms with Gasteiger partial charge in [0, 0.05) is 18.9 Å². The number of nitrogens with one attached hydrogen (secondary N) is 1. The highest BCUT2D eigenvalue weighted by Crippen LogP contribution is 2.26. The standard InChI is InChI=1S/C17H20N4OS/c1-13(2)14-6-3-4-7-15(14)21-11-10-20-17(21)23-12-16(22)19-9-5-8-18/h3-4,6-7,10-11,13H,5,9,12H2,1-2H3,(H,19,22). The fourth-order valence-corrected chi connectivity index (χ4v) is 3.01. The number of rotatable bonds is 7. The largest absolute Gasteiger partial charge is 0.354 e. The molecule has 23 heavy (non-hydrogen) atoms. The molecule has 1 amide bonds. The van der Waals surface area contributed by atoms with Gasteiger partial charge in [0.25, 0.3) is 0 Å². The number of nitrogens with zero attached hydrogens (tertiary/aromatic N) is 3. The second-order valence-electron chi connectivity index (χ2n) is 5.34. The van der Waals surface area contributed by atoms with Crippen LogP contribution in [0.15, 0.2) is 41.8 Å². The first-order chi connectivity index (χ1) is 11.1. The third kappa shape index (κ3) is 4.60. The minimum Gasteiger partial charge on any atom is -0.354 e. The van der Waals surface area contributed by atoms with Gasteiger partial charge in [0.15, 0.2) is 5.16 Å². The van der Waals surface area contributed by atoms with Crippen molar-refractivity contribution in [1.82, 2.24) is 14.9 Å². The summed E-state index contributed by atoms with van der Waals surface area (Å²) in [7, 11) is 0. The van der Waals surface area contributed by atoms with Crippen LogP contribution in [-0.2, 0) is 4.79 Å². The van der Waals surface area contributed by atoms with Crippen LogP contribution in [0.5, 0.6) is 0 Å². The van der Waals surface area contributed by atoms with Crippen LogP contribution in [-0.4, -0.2) is 27.8 Å². The molecule has 0 spiro atoms. The Bertz CT molecular complexity index is 703. The molecule has 120 valence electrons. The first-order valence-corrected chi connectivity index (χ1v) is 8.51. The SMILES string of the molecule is CC(C)c1ccccc1-n1ccnc1SCC(=O)NCCC#N. The number of aromatic nitrogens is 2. The quantitative estimate of drug-likeness (QED) is 0.626. The first kappa shape index (κ1) is 17.1. The van der Waals surface area contributed by atoms with Crippen LogP contribution in [0.2, 0.25) is 0 Å². The minimum atomic E-state index is -0.0862. The lowest BCUT2D eigenvalue weighted by Gasteiger charge is -2.15. The molecule has 0 saturated heterocycles. The lowest BCUT2D eigenvalue weighted by atomic mass is 10.0. The maximum atomic E-state index is 11.8. The molecule has 0 aliphatic heterocycles. The fraction of sp³-hybridized carbons (Fsp3) is 0.353. The maximum Gasteiger partial charge on any atom is 0.230 e. The molecule has 1 aromatic carbocycles. The number of hydrogen-bond acceptors (Lipinski definition) is 4. The number of benzene rings is 1. The Morgan fingerprint density at radius 2 is 2.22 bits per heavy atom. The molecule has 2 rings (SSSR count). The van der Waals surface area contributed by atoms with E-state index in [0.717, 1.165) is 10.8 Å². The van der Waals surface area contributed by atoms with Crippen LogP contribution in [0.4, 0.5) is 0 Å². The van der Waals surface area contributed by atoms with Crippen molar-refractivity contribution < 1.29 is 4.79 Å². The van der Waals surface area contributed by atoms with Gasteiger partial charge in [0.1, 0.15) is 0 Å². The molecule has 1 aromatic heterocycles. The molecule has 6 heteroatoms. The molecule has 0 saturated carbocycles. The number of imidazole rings is 1. The summed E-state index contributed by atoms with van der Waals surface area (Å²) in [5.41, 5.74) is 2.33. The van der Waals surface area contributed by atoms with E-state index >= 15 is 0 Å². The Kier molecular flexibility index (Phi) is 6.24. The summed E-state index contributed by atoms with van der Waals surface area (Å²) in [4.78, 5) is 16.1. The van der Waals surface area contributed by atoms with Crippen LogP contribution in [0.25, 0.3) is 5.69 Å². The molecular weight excluding hydrogens is 308 g/mol. The molecule has 0 unspecified atom stereocenters. The average Bonchev–Trinajstić information content (AvgIpc) is 3.01. The minimum absolute atomic E-state index is 0.0862. The van der Waals surface area contributed by atoms with E-state index in [9.17, 15) is 4.79 Å². The second kappa shape index (κ2) is 8.39. The number of hydrogen-bond donors (Lipinski definition) is 1. The molecule has 2 aromatic rings. The predicted octanol–water partition coefficient (Wildman–Crippen LogP) is 3.12.